The van der Waals surface area contributed by atoms with Crippen LogP contribution in [0.1, 0.15) is 41.2 Å². The molecule has 0 aliphatic rings. The Bertz CT molecular complexity index is 1190. The molecule has 3 rings (SSSR count). The molecule has 0 unspecified atom stereocenters. The predicted octanol–water partition coefficient (Wildman–Crippen LogP) is 4.38. The number of aromatic nitrogens is 3. The highest BCUT2D eigenvalue weighted by atomic mass is 19.4. The first-order valence-electron chi connectivity index (χ1n) is 8.98. The third-order valence-electron chi connectivity index (χ3n) is 4.59. The van der Waals surface area contributed by atoms with Gasteiger partial charge in [0.25, 0.3) is 0 Å². The molecule has 0 atom stereocenters. The van der Waals surface area contributed by atoms with E-state index in [0.717, 1.165) is 6.07 Å². The minimum absolute atomic E-state index is 0.0158. The number of carbonyl (C=O) groups is 1. The van der Waals surface area contributed by atoms with E-state index >= 15 is 0 Å². The van der Waals surface area contributed by atoms with Crippen LogP contribution in [0.25, 0.3) is 11.4 Å². The minimum atomic E-state index is -4.58. The number of hydrogen-bond donors (Lipinski definition) is 1. The molecule has 0 spiro atoms. The number of carboxylic acid groups (broad SMARTS) is 1. The SMILES string of the molecule is Cn1c(-c2ccccc2C(F)(F)F)nnc1C(C)(C)Oc1ccc(C#N)cc1C(=O)O. The van der Waals surface area contributed by atoms with Crippen molar-refractivity contribution in [1.82, 2.24) is 14.8 Å². The largest absolute Gasteiger partial charge is 0.479 e. The molecule has 0 amide bonds. The summed E-state index contributed by atoms with van der Waals surface area (Å²) < 4.78 is 47.5. The quantitative estimate of drug-likeness (QED) is 0.645. The number of nitrogens with zero attached hydrogens (tertiary/aromatic N) is 4. The summed E-state index contributed by atoms with van der Waals surface area (Å²) in [6, 6.07) is 10.8. The average molecular weight is 430 g/mol. The number of aromatic carboxylic acids is 1. The molecule has 31 heavy (non-hydrogen) atoms. The molecule has 1 aromatic heterocycles. The van der Waals surface area contributed by atoms with Crippen LogP contribution in [0.4, 0.5) is 13.2 Å². The molecular weight excluding hydrogens is 413 g/mol. The number of carboxylic acids is 1. The van der Waals surface area contributed by atoms with E-state index in [4.69, 9.17) is 10.00 Å². The summed E-state index contributed by atoms with van der Waals surface area (Å²) in [5.74, 6) is -1.14. The Labute approximate surface area is 175 Å². The van der Waals surface area contributed by atoms with Crippen molar-refractivity contribution >= 4 is 5.97 Å². The van der Waals surface area contributed by atoms with Gasteiger partial charge in [-0.05, 0) is 38.1 Å². The molecule has 160 valence electrons. The third kappa shape index (κ3) is 4.21. The second-order valence-electron chi connectivity index (χ2n) is 7.19. The van der Waals surface area contributed by atoms with Gasteiger partial charge in [0.2, 0.25) is 0 Å². The highest BCUT2D eigenvalue weighted by Gasteiger charge is 2.36. The van der Waals surface area contributed by atoms with E-state index < -0.39 is 23.3 Å². The average Bonchev–Trinajstić information content (AvgIpc) is 3.09. The molecule has 2 aromatic carbocycles. The molecule has 0 aliphatic carbocycles. The molecule has 0 bridgehead atoms. The normalized spacial score (nSPS) is 11.8. The molecule has 7 nitrogen and oxygen atoms in total. The molecule has 1 heterocycles. The topological polar surface area (TPSA) is 101 Å². The van der Waals surface area contributed by atoms with Gasteiger partial charge >= 0.3 is 12.1 Å². The zero-order valence-corrected chi connectivity index (χ0v) is 16.7. The van der Waals surface area contributed by atoms with Crippen LogP contribution in [0.3, 0.4) is 0 Å². The number of benzene rings is 2. The van der Waals surface area contributed by atoms with Crippen molar-refractivity contribution < 1.29 is 27.8 Å². The Morgan fingerprint density at radius 3 is 2.45 bits per heavy atom. The standard InChI is InChI=1S/C21H17F3N4O3/c1-20(2,31-16-9-8-12(11-25)10-14(16)18(29)30)19-27-26-17(28(19)3)13-6-4-5-7-15(13)21(22,23)24/h4-10H,1-3H3,(H,29,30). The fourth-order valence-corrected chi connectivity index (χ4v) is 3.19. The van der Waals surface area contributed by atoms with Gasteiger partial charge in [-0.15, -0.1) is 10.2 Å². The third-order valence-corrected chi connectivity index (χ3v) is 4.59. The van der Waals surface area contributed by atoms with Crippen LogP contribution in [0.15, 0.2) is 42.5 Å². The Hall–Kier alpha value is -3.87. The monoisotopic (exact) mass is 430 g/mol. The Morgan fingerprint density at radius 2 is 1.84 bits per heavy atom. The maximum atomic E-state index is 13.4. The van der Waals surface area contributed by atoms with E-state index in [1.165, 1.54) is 48.0 Å². The zero-order valence-electron chi connectivity index (χ0n) is 16.7. The number of halogens is 3. The van der Waals surface area contributed by atoms with Crippen molar-refractivity contribution in [2.24, 2.45) is 7.05 Å². The van der Waals surface area contributed by atoms with Crippen molar-refractivity contribution in [1.29, 1.82) is 5.26 Å². The summed E-state index contributed by atoms with van der Waals surface area (Å²) in [4.78, 5) is 11.6. The number of rotatable bonds is 5. The fourth-order valence-electron chi connectivity index (χ4n) is 3.19. The fraction of sp³-hybridized carbons (Fsp3) is 0.238. The smallest absolute Gasteiger partial charge is 0.417 e. The van der Waals surface area contributed by atoms with E-state index in [-0.39, 0.29) is 34.1 Å². The van der Waals surface area contributed by atoms with E-state index in [0.29, 0.717) is 0 Å². The van der Waals surface area contributed by atoms with Crippen molar-refractivity contribution in [2.45, 2.75) is 25.6 Å². The Kier molecular flexibility index (Phi) is 5.46. The Balaban J connectivity index is 2.04. The number of alkyl halides is 3. The van der Waals surface area contributed by atoms with Crippen LogP contribution in [0, 0.1) is 11.3 Å². The first-order valence-corrected chi connectivity index (χ1v) is 8.98. The maximum Gasteiger partial charge on any atom is 0.417 e. The summed E-state index contributed by atoms with van der Waals surface area (Å²) >= 11 is 0. The Morgan fingerprint density at radius 1 is 1.16 bits per heavy atom. The van der Waals surface area contributed by atoms with Crippen LogP contribution in [0.2, 0.25) is 0 Å². The van der Waals surface area contributed by atoms with E-state index in [1.54, 1.807) is 13.8 Å². The van der Waals surface area contributed by atoms with Crippen molar-refractivity contribution in [2.75, 3.05) is 0 Å². The number of nitriles is 1. The van der Waals surface area contributed by atoms with Crippen LogP contribution < -0.4 is 4.74 Å². The number of hydrogen-bond acceptors (Lipinski definition) is 5. The molecule has 10 heteroatoms. The minimum Gasteiger partial charge on any atom is -0.479 e. The first kappa shape index (κ1) is 21.8. The van der Waals surface area contributed by atoms with Gasteiger partial charge in [0.1, 0.15) is 11.3 Å². The van der Waals surface area contributed by atoms with Crippen LogP contribution >= 0.6 is 0 Å². The van der Waals surface area contributed by atoms with Gasteiger partial charge in [-0.3, -0.25) is 0 Å². The summed E-state index contributed by atoms with van der Waals surface area (Å²) in [5.41, 5.74) is -2.33. The van der Waals surface area contributed by atoms with Crippen LogP contribution in [0.5, 0.6) is 5.75 Å². The molecule has 1 N–H and O–H groups in total. The number of ether oxygens (including phenoxy) is 1. The highest BCUT2D eigenvalue weighted by molar-refractivity contribution is 5.91. The predicted molar refractivity (Wildman–Crippen MR) is 103 cm³/mol. The van der Waals surface area contributed by atoms with Crippen molar-refractivity contribution in [3.05, 3.63) is 65.0 Å². The molecule has 0 saturated carbocycles. The van der Waals surface area contributed by atoms with E-state index in [2.05, 4.69) is 10.2 Å². The van der Waals surface area contributed by atoms with Crippen molar-refractivity contribution in [3.8, 4) is 23.2 Å². The summed E-state index contributed by atoms with van der Waals surface area (Å²) in [5, 5.41) is 26.4. The second kappa shape index (κ2) is 7.75. The highest BCUT2D eigenvalue weighted by Crippen LogP contribution is 2.37. The lowest BCUT2D eigenvalue weighted by Crippen LogP contribution is -2.30. The van der Waals surface area contributed by atoms with E-state index in [9.17, 15) is 23.1 Å². The van der Waals surface area contributed by atoms with Gasteiger partial charge in [0.05, 0.1) is 17.2 Å². The van der Waals surface area contributed by atoms with Gasteiger partial charge in [-0.1, -0.05) is 18.2 Å². The lowest BCUT2D eigenvalue weighted by molar-refractivity contribution is -0.137. The van der Waals surface area contributed by atoms with Crippen LogP contribution in [-0.2, 0) is 18.8 Å². The first-order chi connectivity index (χ1) is 14.5. The molecule has 0 aliphatic heterocycles. The maximum absolute atomic E-state index is 13.4. The van der Waals surface area contributed by atoms with E-state index in [1.807, 2.05) is 6.07 Å². The van der Waals surface area contributed by atoms with Gasteiger partial charge in [-0.2, -0.15) is 18.4 Å². The van der Waals surface area contributed by atoms with Gasteiger partial charge < -0.3 is 14.4 Å². The molecule has 0 radical (unpaired) electrons. The van der Waals surface area contributed by atoms with Gasteiger partial charge in [0.15, 0.2) is 17.2 Å². The van der Waals surface area contributed by atoms with Gasteiger partial charge in [-0.25, -0.2) is 4.79 Å². The summed E-state index contributed by atoms with van der Waals surface area (Å²) in [7, 11) is 1.50. The summed E-state index contributed by atoms with van der Waals surface area (Å²) in [6.07, 6.45) is -4.58. The molecule has 0 saturated heterocycles. The molecular formula is C21H17F3N4O3. The molecule has 3 aromatic rings. The lowest BCUT2D eigenvalue weighted by atomic mass is 10.1. The van der Waals surface area contributed by atoms with Crippen molar-refractivity contribution in [3.63, 3.8) is 0 Å². The summed E-state index contributed by atoms with van der Waals surface area (Å²) in [6.45, 7) is 3.17. The lowest BCUT2D eigenvalue weighted by Gasteiger charge is -2.26. The zero-order chi connectivity index (χ0) is 23.0. The van der Waals surface area contributed by atoms with Gasteiger partial charge in [0, 0.05) is 12.6 Å². The second-order valence-corrected chi connectivity index (χ2v) is 7.19. The van der Waals surface area contributed by atoms with Crippen LogP contribution in [-0.4, -0.2) is 25.8 Å². The molecule has 0 fully saturated rings.